The molecular formula is C52H74O5. The summed E-state index contributed by atoms with van der Waals surface area (Å²) in [4.78, 5) is 25.5. The van der Waals surface area contributed by atoms with Crippen molar-refractivity contribution >= 4 is 23.9 Å². The van der Waals surface area contributed by atoms with Crippen LogP contribution in [0.4, 0.5) is 0 Å². The van der Waals surface area contributed by atoms with Gasteiger partial charge in [-0.25, -0.2) is 4.79 Å². The number of ketones is 1. The van der Waals surface area contributed by atoms with Crippen molar-refractivity contribution in [1.82, 2.24) is 0 Å². The second kappa shape index (κ2) is 31.9. The van der Waals surface area contributed by atoms with Crippen molar-refractivity contribution in [3.05, 3.63) is 102 Å². The third kappa shape index (κ3) is 23.6. The van der Waals surface area contributed by atoms with Crippen molar-refractivity contribution in [3.63, 3.8) is 0 Å². The molecule has 0 heterocycles. The minimum Gasteiger partial charge on any atom is -0.494 e. The Morgan fingerprint density at radius 3 is 1.25 bits per heavy atom. The fraction of sp³-hybridized carbons (Fsp3) is 0.538. The molecule has 57 heavy (non-hydrogen) atoms. The first-order chi connectivity index (χ1) is 28.1. The van der Waals surface area contributed by atoms with Crippen LogP contribution in [0.25, 0.3) is 12.2 Å². The number of ether oxygens (including phenoxy) is 3. The van der Waals surface area contributed by atoms with E-state index in [2.05, 4.69) is 13.8 Å². The molecule has 312 valence electrons. The predicted octanol–water partition coefficient (Wildman–Crippen LogP) is 15.4. The van der Waals surface area contributed by atoms with Gasteiger partial charge in [0, 0.05) is 11.6 Å². The van der Waals surface area contributed by atoms with Crippen molar-refractivity contribution in [2.45, 2.75) is 168 Å². The highest BCUT2D eigenvalue weighted by Gasteiger charge is 2.07. The van der Waals surface area contributed by atoms with Gasteiger partial charge in [-0.15, -0.1) is 0 Å². The number of esters is 1. The lowest BCUT2D eigenvalue weighted by molar-refractivity contribution is -0.128. The van der Waals surface area contributed by atoms with E-state index >= 15 is 0 Å². The summed E-state index contributed by atoms with van der Waals surface area (Å²) >= 11 is 0. The van der Waals surface area contributed by atoms with Gasteiger partial charge in [0.2, 0.25) is 0 Å². The summed E-state index contributed by atoms with van der Waals surface area (Å²) in [6.07, 6.45) is 38.3. The maximum Gasteiger partial charge on any atom is 0.336 e. The van der Waals surface area contributed by atoms with E-state index in [0.717, 1.165) is 48.7 Å². The molecule has 0 radical (unpaired) electrons. The number of allylic oxidation sites excluding steroid dienone is 1. The van der Waals surface area contributed by atoms with E-state index in [1.807, 2.05) is 48.5 Å². The zero-order chi connectivity index (χ0) is 40.4. The number of carbonyl (C=O) groups is 2. The number of hydrogen-bond acceptors (Lipinski definition) is 5. The van der Waals surface area contributed by atoms with E-state index in [4.69, 9.17) is 14.2 Å². The summed E-state index contributed by atoms with van der Waals surface area (Å²) in [5, 5.41) is 0. The number of carbonyl (C=O) groups excluding carboxylic acids is 2. The minimum absolute atomic E-state index is 0.170. The van der Waals surface area contributed by atoms with E-state index in [0.29, 0.717) is 11.3 Å². The first kappa shape index (κ1) is 47.3. The van der Waals surface area contributed by atoms with Crippen LogP contribution in [0.3, 0.4) is 0 Å². The molecule has 5 heteroatoms. The van der Waals surface area contributed by atoms with Crippen LogP contribution in [0.1, 0.15) is 189 Å². The van der Waals surface area contributed by atoms with E-state index in [1.165, 1.54) is 153 Å². The highest BCUT2D eigenvalue weighted by Crippen LogP contribution is 2.19. The Bertz CT molecular complexity index is 1520. The molecule has 0 aliphatic heterocycles. The van der Waals surface area contributed by atoms with Crippen LogP contribution in [0.2, 0.25) is 0 Å². The van der Waals surface area contributed by atoms with Gasteiger partial charge < -0.3 is 14.2 Å². The molecule has 0 fully saturated rings. The largest absolute Gasteiger partial charge is 0.494 e. The average Bonchev–Trinajstić information content (AvgIpc) is 3.23. The van der Waals surface area contributed by atoms with E-state index in [1.54, 1.807) is 36.4 Å². The fourth-order valence-corrected chi connectivity index (χ4v) is 6.91. The zero-order valence-corrected chi connectivity index (χ0v) is 35.7. The number of unbranched alkanes of at least 4 members (excludes halogenated alkanes) is 22. The van der Waals surface area contributed by atoms with Crippen LogP contribution in [-0.2, 0) is 4.79 Å². The van der Waals surface area contributed by atoms with Crippen molar-refractivity contribution in [1.29, 1.82) is 0 Å². The summed E-state index contributed by atoms with van der Waals surface area (Å²) in [6.45, 7) is 5.99. The van der Waals surface area contributed by atoms with Gasteiger partial charge in [-0.05, 0) is 72.5 Å². The molecule has 0 spiro atoms. The van der Waals surface area contributed by atoms with Crippen LogP contribution in [0.15, 0.2) is 84.9 Å². The third-order valence-corrected chi connectivity index (χ3v) is 10.5. The molecule has 0 amide bonds. The van der Waals surface area contributed by atoms with Crippen LogP contribution < -0.4 is 14.2 Å². The molecule has 0 saturated heterocycles. The van der Waals surface area contributed by atoms with Crippen molar-refractivity contribution in [3.8, 4) is 17.2 Å². The Labute approximate surface area is 346 Å². The zero-order valence-electron chi connectivity index (χ0n) is 35.7. The van der Waals surface area contributed by atoms with Gasteiger partial charge in [-0.2, -0.15) is 0 Å². The number of rotatable bonds is 34. The smallest absolute Gasteiger partial charge is 0.336 e. The molecule has 0 atom stereocenters. The van der Waals surface area contributed by atoms with Gasteiger partial charge in [-0.3, -0.25) is 4.79 Å². The highest BCUT2D eigenvalue weighted by atomic mass is 16.5. The lowest BCUT2D eigenvalue weighted by atomic mass is 10.1. The summed E-state index contributed by atoms with van der Waals surface area (Å²) in [5.41, 5.74) is 2.23. The maximum atomic E-state index is 12.9. The summed E-state index contributed by atoms with van der Waals surface area (Å²) < 4.78 is 17.4. The van der Waals surface area contributed by atoms with Gasteiger partial charge in [0.15, 0.2) is 5.78 Å². The van der Waals surface area contributed by atoms with Crippen LogP contribution in [0.5, 0.6) is 17.2 Å². The van der Waals surface area contributed by atoms with Crippen LogP contribution in [0, 0.1) is 0 Å². The van der Waals surface area contributed by atoms with Gasteiger partial charge in [-0.1, -0.05) is 198 Å². The molecule has 0 bridgehead atoms. The SMILES string of the molecule is CCCCCCCCCCCCCCOc1ccc(/C=C/C(=O)Oc2cccc(C(=O)/C=C/c3ccc(OCCCCCCCCCCCCCC)cc3)c2)cc1. The van der Waals surface area contributed by atoms with Crippen molar-refractivity contribution in [2.24, 2.45) is 0 Å². The summed E-state index contributed by atoms with van der Waals surface area (Å²) in [6, 6.07) is 22.2. The molecule has 0 saturated carbocycles. The Kier molecular flexibility index (Phi) is 26.5. The van der Waals surface area contributed by atoms with E-state index < -0.39 is 5.97 Å². The minimum atomic E-state index is -0.511. The Balaban J connectivity index is 1.26. The van der Waals surface area contributed by atoms with Gasteiger partial charge in [0.05, 0.1) is 13.2 Å². The highest BCUT2D eigenvalue weighted by molar-refractivity contribution is 6.07. The molecule has 0 N–H and O–H groups in total. The molecule has 0 unspecified atom stereocenters. The number of hydrogen-bond donors (Lipinski definition) is 0. The molecule has 0 aliphatic rings. The van der Waals surface area contributed by atoms with Gasteiger partial charge in [0.25, 0.3) is 0 Å². The molecule has 0 aromatic heterocycles. The first-order valence-electron chi connectivity index (χ1n) is 22.8. The number of benzene rings is 3. The van der Waals surface area contributed by atoms with Crippen molar-refractivity contribution in [2.75, 3.05) is 13.2 Å². The molecule has 3 rings (SSSR count). The van der Waals surface area contributed by atoms with Crippen LogP contribution >= 0.6 is 0 Å². The normalized spacial score (nSPS) is 11.4. The second-order valence-electron chi connectivity index (χ2n) is 15.6. The van der Waals surface area contributed by atoms with Crippen LogP contribution in [-0.4, -0.2) is 25.0 Å². The first-order valence-corrected chi connectivity index (χ1v) is 22.8. The molecule has 0 aliphatic carbocycles. The molecule has 3 aromatic rings. The fourth-order valence-electron chi connectivity index (χ4n) is 6.91. The molecular weight excluding hydrogens is 705 g/mol. The lowest BCUT2D eigenvalue weighted by Crippen LogP contribution is -2.04. The predicted molar refractivity (Wildman–Crippen MR) is 241 cm³/mol. The summed E-state index contributed by atoms with van der Waals surface area (Å²) in [5.74, 6) is 1.32. The standard InChI is InChI=1S/C52H74O5/c1-3-5-7-9-11-13-15-17-19-21-23-25-42-55-48-36-30-45(31-37-48)34-40-51(53)47-28-27-29-50(44-47)57-52(54)41-35-46-32-38-49(39-33-46)56-43-26-24-22-20-18-16-14-12-10-8-6-4-2/h27-41,44H,3-26,42-43H2,1-2H3/b40-34+,41-35+. The van der Waals surface area contributed by atoms with E-state index in [9.17, 15) is 9.59 Å². The van der Waals surface area contributed by atoms with E-state index in [-0.39, 0.29) is 5.78 Å². The molecule has 5 nitrogen and oxygen atoms in total. The Hall–Kier alpha value is -4.12. The second-order valence-corrected chi connectivity index (χ2v) is 15.6. The van der Waals surface area contributed by atoms with Gasteiger partial charge in [0.1, 0.15) is 17.2 Å². The summed E-state index contributed by atoms with van der Waals surface area (Å²) in [7, 11) is 0. The molecule has 3 aromatic carbocycles. The quantitative estimate of drug-likeness (QED) is 0.0199. The lowest BCUT2D eigenvalue weighted by Gasteiger charge is -2.07. The average molecular weight is 779 g/mol. The monoisotopic (exact) mass is 779 g/mol. The third-order valence-electron chi connectivity index (χ3n) is 10.5. The van der Waals surface area contributed by atoms with Crippen molar-refractivity contribution < 1.29 is 23.8 Å². The van der Waals surface area contributed by atoms with Gasteiger partial charge >= 0.3 is 5.97 Å². The Morgan fingerprint density at radius 1 is 0.439 bits per heavy atom. The maximum absolute atomic E-state index is 12.9. The Morgan fingerprint density at radius 2 is 0.825 bits per heavy atom. The topological polar surface area (TPSA) is 61.8 Å².